The molecule has 9 aromatic rings. The van der Waals surface area contributed by atoms with E-state index in [0.29, 0.717) is 0 Å². The molecule has 0 radical (unpaired) electrons. The molecule has 1 nitrogen and oxygen atoms in total. The van der Waals surface area contributed by atoms with Gasteiger partial charge in [0.25, 0.3) is 0 Å². The van der Waals surface area contributed by atoms with E-state index in [1.165, 1.54) is 72.3 Å². The van der Waals surface area contributed by atoms with E-state index < -0.39 is 0 Å². The molecule has 0 atom stereocenters. The molecule has 0 spiro atoms. The van der Waals surface area contributed by atoms with Crippen LogP contribution in [-0.4, -0.2) is 0 Å². The molecule has 0 saturated heterocycles. The van der Waals surface area contributed by atoms with Crippen molar-refractivity contribution in [1.29, 1.82) is 0 Å². The van der Waals surface area contributed by atoms with Crippen molar-refractivity contribution in [2.75, 3.05) is 4.90 Å². The summed E-state index contributed by atoms with van der Waals surface area (Å²) in [5, 5.41) is 0. The Morgan fingerprint density at radius 3 is 1.36 bits per heavy atom. The Kier molecular flexibility index (Phi) is 8.92. The van der Waals surface area contributed by atoms with Crippen molar-refractivity contribution in [3.05, 3.63) is 236 Å². The van der Waals surface area contributed by atoms with Gasteiger partial charge >= 0.3 is 0 Å². The van der Waals surface area contributed by atoms with E-state index in [1.807, 2.05) is 0 Å². The fraction of sp³-hybridized carbons (Fsp3) is 0.0526. The van der Waals surface area contributed by atoms with Crippen molar-refractivity contribution < 1.29 is 0 Å². The highest BCUT2D eigenvalue weighted by molar-refractivity contribution is 6.01. The predicted molar refractivity (Wildman–Crippen MR) is 246 cm³/mol. The third-order valence-corrected chi connectivity index (χ3v) is 11.9. The lowest BCUT2D eigenvalue weighted by molar-refractivity contribution is 0.660. The summed E-state index contributed by atoms with van der Waals surface area (Å²) in [6, 6.07) is 82.1. The fourth-order valence-corrected chi connectivity index (χ4v) is 8.96. The van der Waals surface area contributed by atoms with Crippen LogP contribution >= 0.6 is 0 Å². The van der Waals surface area contributed by atoms with Crippen LogP contribution in [0.1, 0.15) is 25.0 Å². The quantitative estimate of drug-likeness (QED) is 0.150. The average Bonchev–Trinajstić information content (AvgIpc) is 3.52. The summed E-state index contributed by atoms with van der Waals surface area (Å²) < 4.78 is 0. The summed E-state index contributed by atoms with van der Waals surface area (Å²) in [5.74, 6) is 0. The highest BCUT2D eigenvalue weighted by Gasteiger charge is 2.37. The van der Waals surface area contributed by atoms with Gasteiger partial charge in [0, 0.05) is 22.1 Å². The van der Waals surface area contributed by atoms with Gasteiger partial charge in [-0.05, 0) is 91.5 Å². The maximum atomic E-state index is 2.56. The molecule has 0 N–H and O–H groups in total. The molecule has 1 aliphatic rings. The lowest BCUT2D eigenvalue weighted by Crippen LogP contribution is -2.18. The highest BCUT2D eigenvalue weighted by Crippen LogP contribution is 2.55. The van der Waals surface area contributed by atoms with Crippen molar-refractivity contribution in [1.82, 2.24) is 0 Å². The molecule has 0 aromatic heterocycles. The summed E-state index contributed by atoms with van der Waals surface area (Å²) in [6.07, 6.45) is 0. The van der Waals surface area contributed by atoms with Crippen molar-refractivity contribution in [3.8, 4) is 66.8 Å². The molecule has 58 heavy (non-hydrogen) atoms. The van der Waals surface area contributed by atoms with E-state index >= 15 is 0 Å². The molecule has 0 aliphatic heterocycles. The van der Waals surface area contributed by atoms with Crippen LogP contribution < -0.4 is 4.90 Å². The second-order valence-electron chi connectivity index (χ2n) is 15.7. The second-order valence-corrected chi connectivity index (χ2v) is 15.7. The van der Waals surface area contributed by atoms with Gasteiger partial charge in [0.15, 0.2) is 0 Å². The van der Waals surface area contributed by atoms with Crippen molar-refractivity contribution in [3.63, 3.8) is 0 Å². The average molecular weight is 742 g/mol. The summed E-state index contributed by atoms with van der Waals surface area (Å²) in [5.41, 5.74) is 20.2. The zero-order chi connectivity index (χ0) is 39.1. The van der Waals surface area contributed by atoms with E-state index in [4.69, 9.17) is 0 Å². The van der Waals surface area contributed by atoms with E-state index in [0.717, 1.165) is 22.6 Å². The van der Waals surface area contributed by atoms with Crippen LogP contribution in [0, 0.1) is 0 Å². The third-order valence-electron chi connectivity index (χ3n) is 11.9. The van der Waals surface area contributed by atoms with Crippen LogP contribution in [0.2, 0.25) is 0 Å². The first-order valence-electron chi connectivity index (χ1n) is 20.2. The second kappa shape index (κ2) is 14.7. The van der Waals surface area contributed by atoms with E-state index in [-0.39, 0.29) is 5.41 Å². The minimum absolute atomic E-state index is 0.205. The van der Waals surface area contributed by atoms with Crippen LogP contribution in [0.5, 0.6) is 0 Å². The van der Waals surface area contributed by atoms with Gasteiger partial charge in [-0.15, -0.1) is 0 Å². The smallest absolute Gasteiger partial charge is 0.0546 e. The van der Waals surface area contributed by atoms with Gasteiger partial charge in [-0.2, -0.15) is 0 Å². The number of anilines is 3. The number of rotatable bonds is 8. The fourth-order valence-electron chi connectivity index (χ4n) is 8.96. The lowest BCUT2D eigenvalue weighted by Gasteiger charge is -2.33. The lowest BCUT2D eigenvalue weighted by atomic mass is 9.81. The van der Waals surface area contributed by atoms with Crippen molar-refractivity contribution >= 4 is 17.1 Å². The van der Waals surface area contributed by atoms with E-state index in [1.54, 1.807) is 0 Å². The summed E-state index contributed by atoms with van der Waals surface area (Å²) in [6.45, 7) is 4.76. The normalized spacial score (nSPS) is 12.4. The third kappa shape index (κ3) is 6.22. The highest BCUT2D eigenvalue weighted by atomic mass is 15.2. The van der Waals surface area contributed by atoms with Gasteiger partial charge in [-0.3, -0.25) is 0 Å². The Balaban J connectivity index is 1.34. The van der Waals surface area contributed by atoms with Gasteiger partial charge in [0.2, 0.25) is 0 Å². The van der Waals surface area contributed by atoms with Gasteiger partial charge in [0.05, 0.1) is 17.1 Å². The van der Waals surface area contributed by atoms with Crippen LogP contribution in [0.3, 0.4) is 0 Å². The molecule has 10 rings (SSSR count). The van der Waals surface area contributed by atoms with E-state index in [9.17, 15) is 0 Å². The molecule has 0 bridgehead atoms. The number of nitrogens with zero attached hydrogens (tertiary/aromatic N) is 1. The Morgan fingerprint density at radius 2 is 0.724 bits per heavy atom. The first kappa shape index (κ1) is 35.2. The summed E-state index contributed by atoms with van der Waals surface area (Å²) in [4.78, 5) is 2.56. The Hall–Kier alpha value is -7.22. The SMILES string of the molecule is CC1(C)c2ccccc2-c2cc(-c3cccc(-c4ccccc4)c3)c(N(c3ccccc3-c3ccccc3)c3cc(-c4ccccc4)ccc3-c3ccccc3)cc21. The van der Waals surface area contributed by atoms with Crippen molar-refractivity contribution in [2.24, 2.45) is 0 Å². The molecule has 0 amide bonds. The minimum Gasteiger partial charge on any atom is -0.309 e. The molecule has 1 aliphatic carbocycles. The van der Waals surface area contributed by atoms with Crippen LogP contribution in [0.25, 0.3) is 66.8 Å². The van der Waals surface area contributed by atoms with Crippen LogP contribution in [0.4, 0.5) is 17.1 Å². The van der Waals surface area contributed by atoms with Crippen molar-refractivity contribution in [2.45, 2.75) is 19.3 Å². The Labute approximate surface area is 342 Å². The molecule has 0 unspecified atom stereocenters. The number of hydrogen-bond acceptors (Lipinski definition) is 1. The largest absolute Gasteiger partial charge is 0.309 e. The Morgan fingerprint density at radius 1 is 0.259 bits per heavy atom. The Bertz CT molecular complexity index is 2890. The maximum Gasteiger partial charge on any atom is 0.0546 e. The molecule has 0 heterocycles. The summed E-state index contributed by atoms with van der Waals surface area (Å²) in [7, 11) is 0. The molecule has 0 fully saturated rings. The minimum atomic E-state index is -0.205. The zero-order valence-corrected chi connectivity index (χ0v) is 32.8. The molecular formula is C57H43N. The number of para-hydroxylation sites is 1. The first-order valence-corrected chi connectivity index (χ1v) is 20.2. The molecular weight excluding hydrogens is 699 g/mol. The molecule has 0 saturated carbocycles. The number of fused-ring (bicyclic) bond motifs is 3. The number of hydrogen-bond donors (Lipinski definition) is 0. The number of benzene rings is 9. The van der Waals surface area contributed by atoms with Gasteiger partial charge in [-0.25, -0.2) is 0 Å². The van der Waals surface area contributed by atoms with Crippen LogP contribution in [-0.2, 0) is 5.41 Å². The predicted octanol–water partition coefficient (Wildman–Crippen LogP) is 15.8. The molecule has 1 heteroatoms. The summed E-state index contributed by atoms with van der Waals surface area (Å²) >= 11 is 0. The molecule has 9 aromatic carbocycles. The topological polar surface area (TPSA) is 3.24 Å². The standard InChI is InChI=1S/C57H43N/c1-57(2)52-32-17-15-31-49(52)51-38-50(46-29-19-28-44(36-46)40-20-7-3-8-21-40)56(39-53(51)57)58(54-33-18-16-30-47(54)42-24-11-5-12-25-42)55-37-45(41-22-9-4-10-23-41)34-35-48(55)43-26-13-6-14-27-43/h3-39H,1-2H3. The van der Waals surface area contributed by atoms with Gasteiger partial charge in [0.1, 0.15) is 0 Å². The van der Waals surface area contributed by atoms with Crippen LogP contribution in [0.15, 0.2) is 224 Å². The van der Waals surface area contributed by atoms with Gasteiger partial charge < -0.3 is 4.90 Å². The first-order chi connectivity index (χ1) is 28.5. The van der Waals surface area contributed by atoms with Gasteiger partial charge in [-0.1, -0.05) is 208 Å². The maximum absolute atomic E-state index is 2.56. The zero-order valence-electron chi connectivity index (χ0n) is 32.8. The monoisotopic (exact) mass is 741 g/mol. The molecule has 276 valence electrons. The van der Waals surface area contributed by atoms with E-state index in [2.05, 4.69) is 243 Å².